The molecule has 2 rings (SSSR count). The molecule has 0 bridgehead atoms. The average Bonchev–Trinajstić information content (AvgIpc) is 3.01. The first-order valence-electron chi connectivity index (χ1n) is 8.08. The van der Waals surface area contributed by atoms with Gasteiger partial charge in [0.25, 0.3) is 0 Å². The van der Waals surface area contributed by atoms with E-state index in [4.69, 9.17) is 16.3 Å². The highest BCUT2D eigenvalue weighted by atomic mass is 35.5. The molecule has 6 nitrogen and oxygen atoms in total. The summed E-state index contributed by atoms with van der Waals surface area (Å²) in [4.78, 5) is 12.1. The predicted molar refractivity (Wildman–Crippen MR) is 92.8 cm³/mol. The fourth-order valence-corrected chi connectivity index (χ4v) is 4.20. The van der Waals surface area contributed by atoms with Crippen molar-refractivity contribution >= 4 is 27.5 Å². The number of halogens is 1. The van der Waals surface area contributed by atoms with Gasteiger partial charge in [0.1, 0.15) is 5.75 Å². The highest BCUT2D eigenvalue weighted by Gasteiger charge is 2.25. The molecule has 0 aliphatic heterocycles. The Morgan fingerprint density at radius 3 is 2.62 bits per heavy atom. The van der Waals surface area contributed by atoms with Crippen LogP contribution in [-0.2, 0) is 14.8 Å². The number of ether oxygens (including phenoxy) is 1. The Morgan fingerprint density at radius 2 is 2.04 bits per heavy atom. The molecule has 1 aromatic rings. The lowest BCUT2D eigenvalue weighted by molar-refractivity contribution is -0.123. The van der Waals surface area contributed by atoms with Crippen molar-refractivity contribution < 1.29 is 17.9 Å². The molecule has 1 aromatic carbocycles. The van der Waals surface area contributed by atoms with Gasteiger partial charge in [-0.3, -0.25) is 4.79 Å². The molecule has 134 valence electrons. The molecule has 1 fully saturated rings. The van der Waals surface area contributed by atoms with Crippen molar-refractivity contribution in [2.24, 2.45) is 0 Å². The largest absolute Gasteiger partial charge is 0.492 e. The highest BCUT2D eigenvalue weighted by Crippen LogP contribution is 2.27. The Bertz CT molecular complexity index is 687. The third-order valence-electron chi connectivity index (χ3n) is 3.94. The average molecular weight is 375 g/mol. The Balaban J connectivity index is 2.04. The first kappa shape index (κ1) is 19.0. The minimum absolute atomic E-state index is 0.00327. The first-order chi connectivity index (χ1) is 11.3. The van der Waals surface area contributed by atoms with Crippen LogP contribution in [0, 0.1) is 0 Å². The molecule has 0 radical (unpaired) electrons. The van der Waals surface area contributed by atoms with Crippen LogP contribution in [0.5, 0.6) is 5.75 Å². The maximum Gasteiger partial charge on any atom is 0.241 e. The fraction of sp³-hybridized carbons (Fsp3) is 0.562. The summed E-state index contributed by atoms with van der Waals surface area (Å²) in [6, 6.07) is 3.51. The van der Waals surface area contributed by atoms with Crippen molar-refractivity contribution in [3.05, 3.63) is 23.2 Å². The molecule has 0 spiro atoms. The molecule has 1 atom stereocenters. The number of sulfonamides is 1. The number of benzene rings is 1. The minimum atomic E-state index is -3.84. The van der Waals surface area contributed by atoms with E-state index in [-0.39, 0.29) is 21.9 Å². The molecular weight excluding hydrogens is 352 g/mol. The Hall–Kier alpha value is -1.31. The minimum Gasteiger partial charge on any atom is -0.492 e. The van der Waals surface area contributed by atoms with E-state index < -0.39 is 16.1 Å². The van der Waals surface area contributed by atoms with Gasteiger partial charge in [-0.2, -0.15) is 4.72 Å². The molecule has 24 heavy (non-hydrogen) atoms. The fourth-order valence-electron chi connectivity index (χ4n) is 2.67. The number of hydrogen-bond acceptors (Lipinski definition) is 4. The molecular formula is C16H23ClN2O4S. The molecule has 2 N–H and O–H groups in total. The summed E-state index contributed by atoms with van der Waals surface area (Å²) in [6.45, 7) is 3.77. The van der Waals surface area contributed by atoms with E-state index in [1.807, 2.05) is 6.92 Å². The maximum absolute atomic E-state index is 12.4. The summed E-state index contributed by atoms with van der Waals surface area (Å²) in [5.74, 6) is 0.104. The van der Waals surface area contributed by atoms with Gasteiger partial charge in [0.2, 0.25) is 15.9 Å². The van der Waals surface area contributed by atoms with E-state index in [0.29, 0.717) is 12.4 Å². The Kier molecular flexibility index (Phi) is 6.48. The standard InChI is InChI=1S/C16H23ClN2O4S/c1-3-23-15-9-8-13(10-14(15)17)24(21,22)19-11(2)16(20)18-12-6-4-5-7-12/h8-12,19H,3-7H2,1-2H3,(H,18,20)/t11-/m1/s1. The molecule has 1 aliphatic carbocycles. The SMILES string of the molecule is CCOc1ccc(S(=O)(=O)N[C@H](C)C(=O)NC2CCCC2)cc1Cl. The van der Waals surface area contributed by atoms with Crippen molar-refractivity contribution in [1.29, 1.82) is 0 Å². The van der Waals surface area contributed by atoms with Crippen LogP contribution in [0.4, 0.5) is 0 Å². The molecule has 0 saturated heterocycles. The molecule has 0 heterocycles. The lowest BCUT2D eigenvalue weighted by Crippen LogP contribution is -2.47. The van der Waals surface area contributed by atoms with Gasteiger partial charge in [-0.25, -0.2) is 8.42 Å². The van der Waals surface area contributed by atoms with Crippen LogP contribution in [0.2, 0.25) is 5.02 Å². The van der Waals surface area contributed by atoms with E-state index in [0.717, 1.165) is 25.7 Å². The molecule has 1 aliphatic rings. The summed E-state index contributed by atoms with van der Waals surface area (Å²) < 4.78 is 32.5. The number of amides is 1. The van der Waals surface area contributed by atoms with Crippen LogP contribution in [0.25, 0.3) is 0 Å². The molecule has 1 amide bonds. The normalized spacial score (nSPS) is 16.8. The molecule has 1 saturated carbocycles. The van der Waals surface area contributed by atoms with Crippen LogP contribution >= 0.6 is 11.6 Å². The van der Waals surface area contributed by atoms with E-state index in [9.17, 15) is 13.2 Å². The van der Waals surface area contributed by atoms with Crippen molar-refractivity contribution in [1.82, 2.24) is 10.0 Å². The summed E-state index contributed by atoms with van der Waals surface area (Å²) in [5, 5.41) is 3.09. The lowest BCUT2D eigenvalue weighted by atomic mass is 10.2. The van der Waals surface area contributed by atoms with Crippen LogP contribution < -0.4 is 14.8 Å². The van der Waals surface area contributed by atoms with Crippen LogP contribution in [0.1, 0.15) is 39.5 Å². The van der Waals surface area contributed by atoms with Gasteiger partial charge < -0.3 is 10.1 Å². The number of carbonyl (C=O) groups is 1. The third-order valence-corrected chi connectivity index (χ3v) is 5.77. The van der Waals surface area contributed by atoms with Crippen molar-refractivity contribution in [2.45, 2.75) is 56.5 Å². The number of nitrogens with one attached hydrogen (secondary N) is 2. The summed E-state index contributed by atoms with van der Waals surface area (Å²) in [5.41, 5.74) is 0. The number of hydrogen-bond donors (Lipinski definition) is 2. The van der Waals surface area contributed by atoms with Gasteiger partial charge in [-0.05, 0) is 44.9 Å². The highest BCUT2D eigenvalue weighted by molar-refractivity contribution is 7.89. The summed E-state index contributed by atoms with van der Waals surface area (Å²) in [7, 11) is -3.84. The quantitative estimate of drug-likeness (QED) is 0.767. The van der Waals surface area contributed by atoms with Crippen LogP contribution in [0.3, 0.4) is 0 Å². The third kappa shape index (κ3) is 4.84. The van der Waals surface area contributed by atoms with Gasteiger partial charge in [-0.1, -0.05) is 24.4 Å². The first-order valence-corrected chi connectivity index (χ1v) is 9.94. The summed E-state index contributed by atoms with van der Waals surface area (Å²) in [6.07, 6.45) is 4.07. The zero-order valence-electron chi connectivity index (χ0n) is 13.8. The zero-order chi connectivity index (χ0) is 17.7. The second-order valence-corrected chi connectivity index (χ2v) is 7.98. The van der Waals surface area contributed by atoms with Crippen LogP contribution in [-0.4, -0.2) is 33.0 Å². The Labute approximate surface area is 148 Å². The van der Waals surface area contributed by atoms with Gasteiger partial charge in [-0.15, -0.1) is 0 Å². The van der Waals surface area contributed by atoms with E-state index in [1.165, 1.54) is 25.1 Å². The van der Waals surface area contributed by atoms with Crippen molar-refractivity contribution in [3.8, 4) is 5.75 Å². The van der Waals surface area contributed by atoms with E-state index >= 15 is 0 Å². The Morgan fingerprint density at radius 1 is 1.38 bits per heavy atom. The van der Waals surface area contributed by atoms with Crippen molar-refractivity contribution in [2.75, 3.05) is 6.61 Å². The topological polar surface area (TPSA) is 84.5 Å². The zero-order valence-corrected chi connectivity index (χ0v) is 15.4. The molecule has 0 unspecified atom stereocenters. The van der Waals surface area contributed by atoms with Crippen molar-refractivity contribution in [3.63, 3.8) is 0 Å². The van der Waals surface area contributed by atoms with Crippen LogP contribution in [0.15, 0.2) is 23.1 Å². The predicted octanol–water partition coefficient (Wildman–Crippen LogP) is 2.46. The van der Waals surface area contributed by atoms with Gasteiger partial charge in [0.05, 0.1) is 22.6 Å². The second kappa shape index (κ2) is 8.18. The number of carbonyl (C=O) groups excluding carboxylic acids is 1. The lowest BCUT2D eigenvalue weighted by Gasteiger charge is -2.18. The van der Waals surface area contributed by atoms with E-state index in [2.05, 4.69) is 10.0 Å². The van der Waals surface area contributed by atoms with Gasteiger partial charge in [0.15, 0.2) is 0 Å². The number of rotatable bonds is 7. The molecule has 0 aromatic heterocycles. The monoisotopic (exact) mass is 374 g/mol. The maximum atomic E-state index is 12.4. The van der Waals surface area contributed by atoms with Gasteiger partial charge >= 0.3 is 0 Å². The van der Waals surface area contributed by atoms with E-state index in [1.54, 1.807) is 0 Å². The molecule has 8 heteroatoms. The second-order valence-electron chi connectivity index (χ2n) is 5.86. The summed E-state index contributed by atoms with van der Waals surface area (Å²) >= 11 is 6.03. The van der Waals surface area contributed by atoms with Gasteiger partial charge in [0, 0.05) is 6.04 Å². The smallest absolute Gasteiger partial charge is 0.241 e.